The molecule has 0 spiro atoms. The predicted molar refractivity (Wildman–Crippen MR) is 70.1 cm³/mol. The van der Waals surface area contributed by atoms with E-state index in [1.165, 1.54) is 11.1 Å². The number of anilines is 1. The molecule has 2 N–H and O–H groups in total. The fourth-order valence-corrected chi connectivity index (χ4v) is 2.42. The summed E-state index contributed by atoms with van der Waals surface area (Å²) in [6, 6.07) is 5.91. The maximum Gasteiger partial charge on any atom is 0.243 e. The van der Waals surface area contributed by atoms with Gasteiger partial charge < -0.3 is 10.6 Å². The zero-order valence-electron chi connectivity index (χ0n) is 10.6. The van der Waals surface area contributed by atoms with Crippen molar-refractivity contribution < 1.29 is 4.79 Å². The van der Waals surface area contributed by atoms with Gasteiger partial charge in [-0.1, -0.05) is 32.0 Å². The molecule has 1 aliphatic rings. The van der Waals surface area contributed by atoms with Crippen molar-refractivity contribution >= 4 is 11.6 Å². The monoisotopic (exact) mass is 232 g/mol. The number of nitrogens with zero attached hydrogens (tertiary/aromatic N) is 1. The van der Waals surface area contributed by atoms with Gasteiger partial charge in [0.05, 0.1) is 11.7 Å². The summed E-state index contributed by atoms with van der Waals surface area (Å²) in [7, 11) is 0. The number of fused-ring (bicyclic) bond motifs is 1. The van der Waals surface area contributed by atoms with Crippen molar-refractivity contribution in [1.29, 1.82) is 0 Å². The van der Waals surface area contributed by atoms with Crippen molar-refractivity contribution in [3.63, 3.8) is 0 Å². The fraction of sp³-hybridized carbons (Fsp3) is 0.500. The predicted octanol–water partition coefficient (Wildman–Crippen LogP) is 1.88. The molecule has 0 aromatic heterocycles. The molecule has 1 aliphatic heterocycles. The van der Waals surface area contributed by atoms with Crippen LogP contribution in [0.2, 0.25) is 0 Å². The molecule has 0 saturated heterocycles. The van der Waals surface area contributed by atoms with Gasteiger partial charge in [0.25, 0.3) is 0 Å². The fourth-order valence-electron chi connectivity index (χ4n) is 2.42. The minimum absolute atomic E-state index is 0.0622. The van der Waals surface area contributed by atoms with Gasteiger partial charge >= 0.3 is 0 Å². The van der Waals surface area contributed by atoms with Gasteiger partial charge in [-0.2, -0.15) is 0 Å². The topological polar surface area (TPSA) is 46.3 Å². The van der Waals surface area contributed by atoms with E-state index in [1.54, 1.807) is 0 Å². The highest BCUT2D eigenvalue weighted by Gasteiger charge is 2.28. The van der Waals surface area contributed by atoms with E-state index in [-0.39, 0.29) is 11.9 Å². The van der Waals surface area contributed by atoms with Crippen LogP contribution in [-0.4, -0.2) is 18.5 Å². The number of amides is 1. The smallest absolute Gasteiger partial charge is 0.243 e. The number of benzene rings is 1. The van der Waals surface area contributed by atoms with Crippen LogP contribution in [0.5, 0.6) is 0 Å². The van der Waals surface area contributed by atoms with Crippen LogP contribution in [0.4, 0.5) is 5.69 Å². The van der Waals surface area contributed by atoms with Gasteiger partial charge in [-0.3, -0.25) is 4.79 Å². The van der Waals surface area contributed by atoms with Gasteiger partial charge in [-0.05, 0) is 30.4 Å². The summed E-state index contributed by atoms with van der Waals surface area (Å²) in [4.78, 5) is 14.1. The van der Waals surface area contributed by atoms with Crippen LogP contribution in [0.3, 0.4) is 0 Å². The van der Waals surface area contributed by atoms with Gasteiger partial charge in [0.2, 0.25) is 5.91 Å². The highest BCUT2D eigenvalue weighted by Crippen LogP contribution is 2.32. The molecule has 1 atom stereocenters. The summed E-state index contributed by atoms with van der Waals surface area (Å²) in [5.74, 6) is 0.0622. The molecule has 3 heteroatoms. The van der Waals surface area contributed by atoms with Crippen LogP contribution in [0.25, 0.3) is 0 Å². The SMILES string of the molecule is CCc1cccc2c1N(C(=O)[C@@H](N)CC)CC2. The average Bonchev–Trinajstić information content (AvgIpc) is 2.80. The van der Waals surface area contributed by atoms with Crippen molar-refractivity contribution in [2.45, 2.75) is 39.2 Å². The van der Waals surface area contributed by atoms with Crippen molar-refractivity contribution in [1.82, 2.24) is 0 Å². The van der Waals surface area contributed by atoms with Crippen LogP contribution in [0.1, 0.15) is 31.4 Å². The quantitative estimate of drug-likeness (QED) is 0.865. The lowest BCUT2D eigenvalue weighted by molar-refractivity contribution is -0.119. The minimum Gasteiger partial charge on any atom is -0.320 e. The molecule has 0 radical (unpaired) electrons. The number of carbonyl (C=O) groups excluding carboxylic acids is 1. The molecule has 2 rings (SSSR count). The summed E-state index contributed by atoms with van der Waals surface area (Å²) >= 11 is 0. The molecule has 0 unspecified atom stereocenters. The maximum atomic E-state index is 12.2. The third-order valence-electron chi connectivity index (χ3n) is 3.48. The largest absolute Gasteiger partial charge is 0.320 e. The van der Waals surface area contributed by atoms with Crippen LogP contribution in [0, 0.1) is 0 Å². The molecule has 0 bridgehead atoms. The second-order valence-corrected chi connectivity index (χ2v) is 4.53. The first kappa shape index (κ1) is 12.1. The molecule has 3 nitrogen and oxygen atoms in total. The molecule has 1 amide bonds. The highest BCUT2D eigenvalue weighted by molar-refractivity contribution is 5.99. The molecule has 0 fully saturated rings. The first-order chi connectivity index (χ1) is 8.19. The molecule has 0 saturated carbocycles. The van der Waals surface area contributed by atoms with Crippen LogP contribution >= 0.6 is 0 Å². The third-order valence-corrected chi connectivity index (χ3v) is 3.48. The Hall–Kier alpha value is -1.35. The summed E-state index contributed by atoms with van der Waals surface area (Å²) in [6.45, 7) is 4.85. The maximum absolute atomic E-state index is 12.2. The number of rotatable bonds is 3. The van der Waals surface area contributed by atoms with E-state index in [1.807, 2.05) is 11.8 Å². The Balaban J connectivity index is 2.35. The van der Waals surface area contributed by atoms with Crippen molar-refractivity contribution in [2.24, 2.45) is 5.73 Å². The molecule has 92 valence electrons. The van der Waals surface area contributed by atoms with Crippen LogP contribution in [0.15, 0.2) is 18.2 Å². The van der Waals surface area contributed by atoms with E-state index in [9.17, 15) is 4.79 Å². The van der Waals surface area contributed by atoms with E-state index in [0.717, 1.165) is 25.1 Å². The lowest BCUT2D eigenvalue weighted by Crippen LogP contribution is -2.43. The Kier molecular flexibility index (Phi) is 3.48. The Labute approximate surface area is 103 Å². The Morgan fingerprint density at radius 3 is 2.88 bits per heavy atom. The van der Waals surface area contributed by atoms with Gasteiger partial charge in [0, 0.05) is 6.54 Å². The lowest BCUT2D eigenvalue weighted by atomic mass is 10.1. The van der Waals surface area contributed by atoms with Crippen LogP contribution < -0.4 is 10.6 Å². The lowest BCUT2D eigenvalue weighted by Gasteiger charge is -2.22. The summed E-state index contributed by atoms with van der Waals surface area (Å²) < 4.78 is 0. The number of nitrogens with two attached hydrogens (primary N) is 1. The first-order valence-electron chi connectivity index (χ1n) is 6.36. The number of para-hydroxylation sites is 1. The zero-order chi connectivity index (χ0) is 12.4. The Morgan fingerprint density at radius 1 is 1.47 bits per heavy atom. The van der Waals surface area contributed by atoms with E-state index in [0.29, 0.717) is 6.42 Å². The Morgan fingerprint density at radius 2 is 2.24 bits per heavy atom. The number of hydrogen-bond acceptors (Lipinski definition) is 2. The van der Waals surface area contributed by atoms with E-state index < -0.39 is 0 Å². The van der Waals surface area contributed by atoms with E-state index >= 15 is 0 Å². The molecule has 1 aromatic carbocycles. The van der Waals surface area contributed by atoms with Crippen LogP contribution in [-0.2, 0) is 17.6 Å². The molecular weight excluding hydrogens is 212 g/mol. The van der Waals surface area contributed by atoms with Gasteiger partial charge in [-0.15, -0.1) is 0 Å². The molecule has 1 heterocycles. The Bertz CT molecular complexity index is 428. The average molecular weight is 232 g/mol. The highest BCUT2D eigenvalue weighted by atomic mass is 16.2. The van der Waals surface area contributed by atoms with Gasteiger partial charge in [-0.25, -0.2) is 0 Å². The van der Waals surface area contributed by atoms with Crippen molar-refractivity contribution in [3.8, 4) is 0 Å². The molecule has 1 aromatic rings. The molecular formula is C14H20N2O. The van der Waals surface area contributed by atoms with Gasteiger partial charge in [0.1, 0.15) is 0 Å². The third kappa shape index (κ3) is 2.07. The summed E-state index contributed by atoms with van der Waals surface area (Å²) in [5, 5.41) is 0. The molecule has 17 heavy (non-hydrogen) atoms. The standard InChI is InChI=1S/C14H20N2O/c1-3-10-6-5-7-11-8-9-16(13(10)11)14(17)12(15)4-2/h5-7,12H,3-4,8-9,15H2,1-2H3/t12-/m0/s1. The zero-order valence-corrected chi connectivity index (χ0v) is 10.6. The van der Waals surface area contributed by atoms with E-state index in [2.05, 4.69) is 25.1 Å². The molecule has 0 aliphatic carbocycles. The van der Waals surface area contributed by atoms with Gasteiger partial charge in [0.15, 0.2) is 0 Å². The number of aryl methyl sites for hydroxylation is 1. The normalized spacial score (nSPS) is 15.8. The second-order valence-electron chi connectivity index (χ2n) is 4.53. The number of hydrogen-bond donors (Lipinski definition) is 1. The summed E-state index contributed by atoms with van der Waals surface area (Å²) in [6.07, 6.45) is 2.60. The second kappa shape index (κ2) is 4.88. The van der Waals surface area contributed by atoms with Crippen molar-refractivity contribution in [2.75, 3.05) is 11.4 Å². The number of carbonyl (C=O) groups is 1. The minimum atomic E-state index is -0.370. The van der Waals surface area contributed by atoms with E-state index in [4.69, 9.17) is 5.73 Å². The summed E-state index contributed by atoms with van der Waals surface area (Å²) in [5.41, 5.74) is 9.49. The first-order valence-corrected chi connectivity index (χ1v) is 6.36. The van der Waals surface area contributed by atoms with Crippen molar-refractivity contribution in [3.05, 3.63) is 29.3 Å².